The zero-order valence-corrected chi connectivity index (χ0v) is 9.20. The van der Waals surface area contributed by atoms with Gasteiger partial charge in [-0.15, -0.1) is 0 Å². The van der Waals surface area contributed by atoms with Gasteiger partial charge in [-0.2, -0.15) is 5.26 Å². The second-order valence-corrected chi connectivity index (χ2v) is 4.11. The molecule has 0 amide bonds. The van der Waals surface area contributed by atoms with Crippen molar-refractivity contribution in [1.82, 2.24) is 4.98 Å². The van der Waals surface area contributed by atoms with E-state index in [1.807, 2.05) is 6.20 Å². The average Bonchev–Trinajstić information content (AvgIpc) is 2.16. The third kappa shape index (κ3) is 1.93. The first-order valence-electron chi connectivity index (χ1n) is 4.95. The van der Waals surface area contributed by atoms with Crippen molar-refractivity contribution in [3.63, 3.8) is 0 Å². The van der Waals surface area contributed by atoms with Gasteiger partial charge in [-0.25, -0.2) is 0 Å². The van der Waals surface area contributed by atoms with Gasteiger partial charge in [0.1, 0.15) is 6.07 Å². The molecule has 1 aromatic rings. The number of rotatable bonds is 2. The summed E-state index contributed by atoms with van der Waals surface area (Å²) >= 11 is 0. The summed E-state index contributed by atoms with van der Waals surface area (Å²) in [6.07, 6.45) is 3.53. The minimum absolute atomic E-state index is 0.380. The lowest BCUT2D eigenvalue weighted by atomic mass is 9.89. The van der Waals surface area contributed by atoms with E-state index in [1.54, 1.807) is 6.20 Å². The Balaban J connectivity index is 3.38. The van der Waals surface area contributed by atoms with Crippen LogP contribution in [0.2, 0.25) is 0 Å². The minimum atomic E-state index is 0.380. The first kappa shape index (κ1) is 10.7. The fourth-order valence-corrected chi connectivity index (χ4v) is 1.68. The molecule has 0 radical (unpaired) electrons. The second-order valence-electron chi connectivity index (χ2n) is 4.11. The number of hydrogen-bond donors (Lipinski definition) is 0. The topological polar surface area (TPSA) is 36.7 Å². The van der Waals surface area contributed by atoms with Gasteiger partial charge >= 0.3 is 0 Å². The molecule has 1 rings (SSSR count). The number of aromatic nitrogens is 1. The lowest BCUT2D eigenvalue weighted by Crippen LogP contribution is -2.02. The normalized spacial score (nSPS) is 10.6. The Kier molecular flexibility index (Phi) is 3.24. The molecule has 0 spiro atoms. The zero-order chi connectivity index (χ0) is 10.7. The Bertz CT molecular complexity index is 359. The molecule has 0 aromatic carbocycles. The molecule has 14 heavy (non-hydrogen) atoms. The highest BCUT2D eigenvalue weighted by Crippen LogP contribution is 2.27. The molecule has 0 unspecified atom stereocenters. The van der Waals surface area contributed by atoms with E-state index in [4.69, 9.17) is 5.26 Å². The monoisotopic (exact) mass is 188 g/mol. The number of nitrogens with zero attached hydrogens (tertiary/aromatic N) is 2. The molecule has 0 saturated carbocycles. The molecule has 0 saturated heterocycles. The number of nitriles is 1. The highest BCUT2D eigenvalue weighted by atomic mass is 14.6. The molecule has 0 aliphatic heterocycles. The summed E-state index contributed by atoms with van der Waals surface area (Å²) in [5.41, 5.74) is 3.06. The first-order valence-corrected chi connectivity index (χ1v) is 4.95. The van der Waals surface area contributed by atoms with E-state index in [9.17, 15) is 0 Å². The molecule has 0 atom stereocenters. The molecule has 74 valence electrons. The van der Waals surface area contributed by atoms with Crippen molar-refractivity contribution < 1.29 is 0 Å². The van der Waals surface area contributed by atoms with Crippen LogP contribution >= 0.6 is 0 Å². The van der Waals surface area contributed by atoms with Crippen LogP contribution in [0.25, 0.3) is 0 Å². The summed E-state index contributed by atoms with van der Waals surface area (Å²) < 4.78 is 0. The maximum atomic E-state index is 8.98. The molecule has 0 bridgehead atoms. The van der Waals surface area contributed by atoms with Crippen molar-refractivity contribution in [3.05, 3.63) is 29.1 Å². The maximum Gasteiger partial charge on any atom is 0.101 e. The quantitative estimate of drug-likeness (QED) is 0.714. The van der Waals surface area contributed by atoms with E-state index < -0.39 is 0 Å². The van der Waals surface area contributed by atoms with Gasteiger partial charge in [0.2, 0.25) is 0 Å². The Morgan fingerprint density at radius 1 is 1.14 bits per heavy atom. The molecular weight excluding hydrogens is 172 g/mol. The van der Waals surface area contributed by atoms with Crippen molar-refractivity contribution in [2.45, 2.75) is 39.5 Å². The van der Waals surface area contributed by atoms with Gasteiger partial charge in [0.05, 0.1) is 5.56 Å². The molecule has 1 aromatic heterocycles. The fourth-order valence-electron chi connectivity index (χ4n) is 1.68. The van der Waals surface area contributed by atoms with Crippen LogP contribution in [0, 0.1) is 11.3 Å². The van der Waals surface area contributed by atoms with Crippen LogP contribution in [0.3, 0.4) is 0 Å². The van der Waals surface area contributed by atoms with Crippen LogP contribution in [-0.4, -0.2) is 4.98 Å². The predicted octanol–water partition coefficient (Wildman–Crippen LogP) is 3.20. The Labute approximate surface area is 85.6 Å². The van der Waals surface area contributed by atoms with E-state index in [-0.39, 0.29) is 0 Å². The summed E-state index contributed by atoms with van der Waals surface area (Å²) in [5.74, 6) is 0.804. The summed E-state index contributed by atoms with van der Waals surface area (Å²) in [5, 5.41) is 8.98. The van der Waals surface area contributed by atoms with Crippen LogP contribution < -0.4 is 0 Å². The van der Waals surface area contributed by atoms with Crippen LogP contribution in [0.1, 0.15) is 56.2 Å². The van der Waals surface area contributed by atoms with Crippen molar-refractivity contribution in [1.29, 1.82) is 5.26 Å². The molecule has 0 aliphatic carbocycles. The van der Waals surface area contributed by atoms with Gasteiger partial charge in [-0.05, 0) is 23.0 Å². The smallest absolute Gasteiger partial charge is 0.101 e. The molecular formula is C12H16N2. The van der Waals surface area contributed by atoms with E-state index >= 15 is 0 Å². The van der Waals surface area contributed by atoms with E-state index in [0.29, 0.717) is 17.4 Å². The van der Waals surface area contributed by atoms with E-state index in [1.165, 1.54) is 5.56 Å². The van der Waals surface area contributed by atoms with Gasteiger partial charge in [-0.1, -0.05) is 27.7 Å². The third-order valence-electron chi connectivity index (χ3n) is 2.34. The zero-order valence-electron chi connectivity index (χ0n) is 9.20. The standard InChI is InChI=1S/C12H16N2/c1-8(2)11-7-14-6-10(5-13)12(11)9(3)4/h6-9H,1-4H3. The van der Waals surface area contributed by atoms with E-state index in [2.05, 4.69) is 38.7 Å². The van der Waals surface area contributed by atoms with E-state index in [0.717, 1.165) is 5.56 Å². The first-order chi connectivity index (χ1) is 6.57. The predicted molar refractivity (Wildman–Crippen MR) is 57.1 cm³/mol. The summed E-state index contributed by atoms with van der Waals surface area (Å²) in [6.45, 7) is 8.48. The maximum absolute atomic E-state index is 8.98. The SMILES string of the molecule is CC(C)c1cncc(C#N)c1C(C)C. The second kappa shape index (κ2) is 4.23. The highest BCUT2D eigenvalue weighted by molar-refractivity contribution is 5.43. The lowest BCUT2D eigenvalue weighted by Gasteiger charge is -2.16. The van der Waals surface area contributed by atoms with Gasteiger partial charge in [0, 0.05) is 12.4 Å². The largest absolute Gasteiger partial charge is 0.263 e. The van der Waals surface area contributed by atoms with Crippen molar-refractivity contribution >= 4 is 0 Å². The van der Waals surface area contributed by atoms with Crippen LogP contribution in [0.15, 0.2) is 12.4 Å². The molecule has 1 heterocycles. The molecule has 0 N–H and O–H groups in total. The Morgan fingerprint density at radius 3 is 2.21 bits per heavy atom. The molecule has 0 fully saturated rings. The van der Waals surface area contributed by atoms with Gasteiger partial charge < -0.3 is 0 Å². The summed E-state index contributed by atoms with van der Waals surface area (Å²) in [4.78, 5) is 4.10. The number of pyridine rings is 1. The van der Waals surface area contributed by atoms with Crippen LogP contribution in [0.4, 0.5) is 0 Å². The molecule has 0 aliphatic rings. The molecule has 2 heteroatoms. The Morgan fingerprint density at radius 2 is 1.79 bits per heavy atom. The van der Waals surface area contributed by atoms with Crippen LogP contribution in [-0.2, 0) is 0 Å². The summed E-state index contributed by atoms with van der Waals surface area (Å²) in [6, 6.07) is 2.21. The van der Waals surface area contributed by atoms with Gasteiger partial charge in [-0.3, -0.25) is 4.98 Å². The fraction of sp³-hybridized carbons (Fsp3) is 0.500. The van der Waals surface area contributed by atoms with Crippen molar-refractivity contribution in [2.24, 2.45) is 0 Å². The average molecular weight is 188 g/mol. The van der Waals surface area contributed by atoms with Crippen molar-refractivity contribution in [3.8, 4) is 6.07 Å². The van der Waals surface area contributed by atoms with Gasteiger partial charge in [0.25, 0.3) is 0 Å². The van der Waals surface area contributed by atoms with Crippen molar-refractivity contribution in [2.75, 3.05) is 0 Å². The number of hydrogen-bond acceptors (Lipinski definition) is 2. The lowest BCUT2D eigenvalue weighted by molar-refractivity contribution is 0.779. The highest BCUT2D eigenvalue weighted by Gasteiger charge is 2.14. The third-order valence-corrected chi connectivity index (χ3v) is 2.34. The van der Waals surface area contributed by atoms with Gasteiger partial charge in [0.15, 0.2) is 0 Å². The molecule has 2 nitrogen and oxygen atoms in total. The van der Waals surface area contributed by atoms with Crippen LogP contribution in [0.5, 0.6) is 0 Å². The summed E-state index contributed by atoms with van der Waals surface area (Å²) in [7, 11) is 0. The minimum Gasteiger partial charge on any atom is -0.263 e. The Hall–Kier alpha value is -1.36.